The first-order chi connectivity index (χ1) is 16.3. The van der Waals surface area contributed by atoms with Crippen LogP contribution in [0.15, 0.2) is 42.0 Å². The van der Waals surface area contributed by atoms with Gasteiger partial charge in [-0.15, -0.1) is 11.3 Å². The van der Waals surface area contributed by atoms with Crippen molar-refractivity contribution >= 4 is 33.3 Å². The van der Waals surface area contributed by atoms with Crippen molar-refractivity contribution in [3.8, 4) is 11.1 Å². The Bertz CT molecular complexity index is 1120. The second-order valence-electron chi connectivity index (χ2n) is 9.30. The van der Waals surface area contributed by atoms with Gasteiger partial charge in [0.1, 0.15) is 17.0 Å². The van der Waals surface area contributed by atoms with Gasteiger partial charge >= 0.3 is 0 Å². The molecule has 0 bridgehead atoms. The number of anilines is 1. The van der Waals surface area contributed by atoms with Gasteiger partial charge in [0.25, 0.3) is 0 Å². The van der Waals surface area contributed by atoms with Crippen LogP contribution in [0.5, 0.6) is 0 Å². The second-order valence-corrected chi connectivity index (χ2v) is 10.2. The molecule has 4 heterocycles. The average Bonchev–Trinajstić information content (AvgIpc) is 3.38. The zero-order valence-corrected chi connectivity index (χ0v) is 19.4. The number of fused-ring (bicyclic) bond motifs is 2. The molecule has 1 aliphatic carbocycles. The summed E-state index contributed by atoms with van der Waals surface area (Å²) >= 11 is 1.69. The zero-order chi connectivity index (χ0) is 22.2. The summed E-state index contributed by atoms with van der Waals surface area (Å²) in [4.78, 5) is 24.7. The lowest BCUT2D eigenvalue weighted by molar-refractivity contribution is -0.123. The van der Waals surface area contributed by atoms with E-state index in [9.17, 15) is 4.79 Å². The molecular weight excluding hydrogens is 434 g/mol. The molecule has 2 N–H and O–H groups in total. The van der Waals surface area contributed by atoms with E-state index in [0.29, 0.717) is 30.9 Å². The molecule has 6 rings (SSSR count). The number of nitrogens with one attached hydrogen (secondary N) is 2. The Labute approximate surface area is 197 Å². The van der Waals surface area contributed by atoms with Crippen LogP contribution in [0.4, 0.5) is 5.82 Å². The van der Waals surface area contributed by atoms with Crippen molar-refractivity contribution in [2.45, 2.75) is 18.9 Å². The largest absolute Gasteiger partial charge is 0.379 e. The third-order valence-corrected chi connectivity index (χ3v) is 8.22. The summed E-state index contributed by atoms with van der Waals surface area (Å²) in [7, 11) is 0. The molecule has 7 nitrogen and oxygen atoms in total. The van der Waals surface area contributed by atoms with E-state index in [1.807, 2.05) is 6.07 Å². The molecule has 1 aromatic carbocycles. The maximum atomic E-state index is 12.0. The number of ether oxygens (including phenoxy) is 1. The fraction of sp³-hybridized carbons (Fsp3) is 0.480. The SMILES string of the molecule is O=C(NCCOCC1C2CN(c3ncnc4scc(-c5ccccc5)c34)CC12)C1CCCN1. The number of nitrogens with zero attached hydrogens (tertiary/aromatic N) is 3. The van der Waals surface area contributed by atoms with Gasteiger partial charge in [0.15, 0.2) is 0 Å². The van der Waals surface area contributed by atoms with Gasteiger partial charge in [-0.05, 0) is 42.7 Å². The molecule has 1 amide bonds. The van der Waals surface area contributed by atoms with Crippen LogP contribution in [0, 0.1) is 17.8 Å². The molecule has 3 aromatic rings. The normalized spacial score (nSPS) is 26.0. The molecule has 1 saturated carbocycles. The fourth-order valence-electron chi connectivity index (χ4n) is 5.50. The first-order valence-electron chi connectivity index (χ1n) is 11.9. The molecule has 2 aromatic heterocycles. The van der Waals surface area contributed by atoms with E-state index in [0.717, 1.165) is 49.7 Å². The summed E-state index contributed by atoms with van der Waals surface area (Å²) in [6.45, 7) is 4.95. The quantitative estimate of drug-likeness (QED) is 0.500. The summed E-state index contributed by atoms with van der Waals surface area (Å²) in [6.07, 6.45) is 3.71. The van der Waals surface area contributed by atoms with E-state index in [1.54, 1.807) is 17.7 Å². The van der Waals surface area contributed by atoms with Crippen molar-refractivity contribution in [3.63, 3.8) is 0 Å². The number of piperidine rings is 1. The lowest BCUT2D eigenvalue weighted by Gasteiger charge is -2.22. The van der Waals surface area contributed by atoms with Crippen LogP contribution in [0.3, 0.4) is 0 Å². The predicted molar refractivity (Wildman–Crippen MR) is 130 cm³/mol. The maximum absolute atomic E-state index is 12.0. The first kappa shape index (κ1) is 21.0. The van der Waals surface area contributed by atoms with E-state index in [2.05, 4.69) is 50.2 Å². The van der Waals surface area contributed by atoms with E-state index in [-0.39, 0.29) is 11.9 Å². The van der Waals surface area contributed by atoms with Gasteiger partial charge in [-0.2, -0.15) is 0 Å². The van der Waals surface area contributed by atoms with Gasteiger partial charge in [0.05, 0.1) is 24.6 Å². The maximum Gasteiger partial charge on any atom is 0.237 e. The first-order valence-corrected chi connectivity index (χ1v) is 12.8. The molecule has 3 atom stereocenters. The van der Waals surface area contributed by atoms with Crippen molar-refractivity contribution in [3.05, 3.63) is 42.0 Å². The molecular formula is C25H29N5O2S. The highest BCUT2D eigenvalue weighted by molar-refractivity contribution is 7.17. The Hall–Kier alpha value is -2.55. The summed E-state index contributed by atoms with van der Waals surface area (Å²) in [5.74, 6) is 3.14. The number of carbonyl (C=O) groups is 1. The van der Waals surface area contributed by atoms with Crippen LogP contribution in [0.2, 0.25) is 0 Å². The lowest BCUT2D eigenvalue weighted by atomic mass is 10.1. The van der Waals surface area contributed by atoms with E-state index < -0.39 is 0 Å². The van der Waals surface area contributed by atoms with Crippen molar-refractivity contribution in [2.75, 3.05) is 44.3 Å². The Morgan fingerprint density at radius 1 is 1.21 bits per heavy atom. The fourth-order valence-corrected chi connectivity index (χ4v) is 6.41. The molecule has 8 heteroatoms. The van der Waals surface area contributed by atoms with Gasteiger partial charge in [-0.25, -0.2) is 9.97 Å². The number of hydrogen-bond donors (Lipinski definition) is 2. The van der Waals surface area contributed by atoms with Crippen molar-refractivity contribution in [1.29, 1.82) is 0 Å². The van der Waals surface area contributed by atoms with Crippen LogP contribution >= 0.6 is 11.3 Å². The smallest absolute Gasteiger partial charge is 0.237 e. The summed E-state index contributed by atoms with van der Waals surface area (Å²) in [5.41, 5.74) is 2.44. The molecule has 33 heavy (non-hydrogen) atoms. The Morgan fingerprint density at radius 3 is 2.85 bits per heavy atom. The molecule has 3 unspecified atom stereocenters. The lowest BCUT2D eigenvalue weighted by Crippen LogP contribution is -2.41. The van der Waals surface area contributed by atoms with Crippen LogP contribution in [-0.2, 0) is 9.53 Å². The number of benzene rings is 1. The molecule has 3 fully saturated rings. The van der Waals surface area contributed by atoms with Gasteiger partial charge < -0.3 is 20.3 Å². The predicted octanol–water partition coefficient (Wildman–Crippen LogP) is 2.93. The molecule has 0 radical (unpaired) electrons. The average molecular weight is 464 g/mol. The summed E-state index contributed by atoms with van der Waals surface area (Å²) in [5, 5.41) is 9.59. The molecule has 3 aliphatic rings. The van der Waals surface area contributed by atoms with Gasteiger partial charge in [-0.3, -0.25) is 4.79 Å². The number of rotatable bonds is 8. The van der Waals surface area contributed by atoms with Crippen LogP contribution < -0.4 is 15.5 Å². The Kier molecular flexibility index (Phi) is 5.73. The molecule has 2 aliphatic heterocycles. The van der Waals surface area contributed by atoms with E-state index in [1.165, 1.54) is 16.5 Å². The Balaban J connectivity index is 1.02. The highest BCUT2D eigenvalue weighted by atomic mass is 32.1. The molecule has 2 saturated heterocycles. The molecule has 0 spiro atoms. The number of hydrogen-bond acceptors (Lipinski definition) is 7. The van der Waals surface area contributed by atoms with Crippen LogP contribution in [0.1, 0.15) is 12.8 Å². The summed E-state index contributed by atoms with van der Waals surface area (Å²) < 4.78 is 5.91. The highest BCUT2D eigenvalue weighted by Crippen LogP contribution is 2.53. The Morgan fingerprint density at radius 2 is 2.06 bits per heavy atom. The van der Waals surface area contributed by atoms with Crippen molar-refractivity contribution in [1.82, 2.24) is 20.6 Å². The minimum atomic E-state index is -0.0160. The highest BCUT2D eigenvalue weighted by Gasteiger charge is 2.56. The number of amides is 1. The van der Waals surface area contributed by atoms with Gasteiger partial charge in [0, 0.05) is 30.6 Å². The minimum absolute atomic E-state index is 0.0160. The van der Waals surface area contributed by atoms with Crippen LogP contribution in [-0.4, -0.2) is 61.3 Å². The van der Waals surface area contributed by atoms with Crippen molar-refractivity contribution < 1.29 is 9.53 Å². The van der Waals surface area contributed by atoms with Gasteiger partial charge in [-0.1, -0.05) is 30.3 Å². The third-order valence-electron chi connectivity index (χ3n) is 7.34. The number of thiophene rings is 1. The third kappa shape index (κ3) is 4.11. The van der Waals surface area contributed by atoms with Crippen LogP contribution in [0.25, 0.3) is 21.3 Å². The van der Waals surface area contributed by atoms with Crippen molar-refractivity contribution in [2.24, 2.45) is 17.8 Å². The van der Waals surface area contributed by atoms with E-state index >= 15 is 0 Å². The van der Waals surface area contributed by atoms with Gasteiger partial charge in [0.2, 0.25) is 5.91 Å². The standard InChI is InChI=1S/C25H29N5O2S/c31-24(21-7-4-8-26-21)27-9-10-32-13-19-17-11-30(12-18(17)19)23-22-20(16-5-2-1-3-6-16)14-33-25(22)29-15-28-23/h1-3,5-6,14-15,17-19,21,26H,4,7-13H2,(H,27,31). The minimum Gasteiger partial charge on any atom is -0.379 e. The topological polar surface area (TPSA) is 79.4 Å². The number of aromatic nitrogens is 2. The van der Waals surface area contributed by atoms with E-state index in [4.69, 9.17) is 9.72 Å². The molecule has 172 valence electrons. The summed E-state index contributed by atoms with van der Waals surface area (Å²) in [6, 6.07) is 10.5. The zero-order valence-electron chi connectivity index (χ0n) is 18.6. The monoisotopic (exact) mass is 463 g/mol. The number of carbonyl (C=O) groups excluding carboxylic acids is 1. The second kappa shape index (κ2) is 9.00.